The number of hydrogen-bond donors (Lipinski definition) is 0. The molecule has 6 nitrogen and oxygen atoms in total. The number of carbonyl (C=O) groups is 2. The van der Waals surface area contributed by atoms with Crippen molar-refractivity contribution in [3.05, 3.63) is 18.0 Å². The molecule has 0 N–H and O–H groups in total. The Balaban J connectivity index is 2.65. The van der Waals surface area contributed by atoms with Gasteiger partial charge in [0.05, 0.1) is 6.61 Å². The van der Waals surface area contributed by atoms with E-state index in [0.717, 1.165) is 0 Å². The maximum Gasteiger partial charge on any atom is 0.327 e. The fourth-order valence-electron chi connectivity index (χ4n) is 1.13. The summed E-state index contributed by atoms with van der Waals surface area (Å²) in [7, 11) is 3.29. The SMILES string of the molecule is CCOC(=O)Cn1ccc(C(=O)N(C)C)n1. The highest BCUT2D eigenvalue weighted by atomic mass is 16.5. The number of nitrogens with zero attached hydrogens (tertiary/aromatic N) is 3. The molecule has 1 aromatic rings. The van der Waals surface area contributed by atoms with Crippen LogP contribution in [0, 0.1) is 0 Å². The lowest BCUT2D eigenvalue weighted by atomic mass is 10.4. The standard InChI is InChI=1S/C10H15N3O3/c1-4-16-9(14)7-13-6-5-8(11-13)10(15)12(2)3/h5-6H,4,7H2,1-3H3. The minimum absolute atomic E-state index is 0.0224. The van der Waals surface area contributed by atoms with E-state index in [4.69, 9.17) is 4.74 Å². The van der Waals surface area contributed by atoms with E-state index in [2.05, 4.69) is 5.10 Å². The second kappa shape index (κ2) is 5.29. The molecule has 0 radical (unpaired) electrons. The molecule has 88 valence electrons. The predicted molar refractivity (Wildman–Crippen MR) is 56.9 cm³/mol. The van der Waals surface area contributed by atoms with Crippen LogP contribution in [0.15, 0.2) is 12.3 Å². The predicted octanol–water partition coefficient (Wildman–Crippen LogP) is 0.148. The average Bonchev–Trinajstić information content (AvgIpc) is 2.65. The van der Waals surface area contributed by atoms with Crippen molar-refractivity contribution >= 4 is 11.9 Å². The van der Waals surface area contributed by atoms with Crippen LogP contribution in [0.4, 0.5) is 0 Å². The summed E-state index contributed by atoms with van der Waals surface area (Å²) in [5.74, 6) is -0.558. The normalized spacial score (nSPS) is 9.94. The minimum atomic E-state index is -0.366. The highest BCUT2D eigenvalue weighted by Crippen LogP contribution is 1.99. The monoisotopic (exact) mass is 225 g/mol. The van der Waals surface area contributed by atoms with Gasteiger partial charge in [0.1, 0.15) is 12.2 Å². The lowest BCUT2D eigenvalue weighted by Gasteiger charge is -2.06. The maximum absolute atomic E-state index is 11.5. The van der Waals surface area contributed by atoms with Gasteiger partial charge in [0.15, 0.2) is 0 Å². The zero-order chi connectivity index (χ0) is 12.1. The van der Waals surface area contributed by atoms with Crippen molar-refractivity contribution in [1.82, 2.24) is 14.7 Å². The topological polar surface area (TPSA) is 64.4 Å². The molecule has 1 amide bonds. The zero-order valence-corrected chi connectivity index (χ0v) is 9.64. The van der Waals surface area contributed by atoms with Crippen LogP contribution >= 0.6 is 0 Å². The van der Waals surface area contributed by atoms with Gasteiger partial charge in [-0.25, -0.2) is 0 Å². The largest absolute Gasteiger partial charge is 0.465 e. The van der Waals surface area contributed by atoms with Gasteiger partial charge in [-0.2, -0.15) is 5.10 Å². The smallest absolute Gasteiger partial charge is 0.327 e. The van der Waals surface area contributed by atoms with E-state index in [1.807, 2.05) is 0 Å². The first-order chi connectivity index (χ1) is 7.54. The van der Waals surface area contributed by atoms with Crippen LogP contribution in [0.5, 0.6) is 0 Å². The van der Waals surface area contributed by atoms with Crippen LogP contribution in [0.1, 0.15) is 17.4 Å². The van der Waals surface area contributed by atoms with E-state index >= 15 is 0 Å². The number of aromatic nitrogens is 2. The van der Waals surface area contributed by atoms with Gasteiger partial charge >= 0.3 is 5.97 Å². The number of ether oxygens (including phenoxy) is 1. The molecule has 0 aromatic carbocycles. The Bertz CT molecular complexity index is 384. The molecule has 16 heavy (non-hydrogen) atoms. The van der Waals surface area contributed by atoms with Crippen molar-refractivity contribution in [3.63, 3.8) is 0 Å². The second-order valence-corrected chi connectivity index (χ2v) is 3.40. The van der Waals surface area contributed by atoms with Gasteiger partial charge < -0.3 is 9.64 Å². The molecule has 0 fully saturated rings. The van der Waals surface area contributed by atoms with Gasteiger partial charge in [-0.15, -0.1) is 0 Å². The molecule has 6 heteroatoms. The third-order valence-corrected chi connectivity index (χ3v) is 1.86. The number of esters is 1. The van der Waals surface area contributed by atoms with E-state index in [9.17, 15) is 9.59 Å². The summed E-state index contributed by atoms with van der Waals surface area (Å²) in [6.45, 7) is 2.10. The lowest BCUT2D eigenvalue weighted by molar-refractivity contribution is -0.144. The molecule has 0 saturated carbocycles. The van der Waals surface area contributed by atoms with Gasteiger partial charge in [-0.05, 0) is 13.0 Å². The summed E-state index contributed by atoms with van der Waals surface area (Å²) in [6.07, 6.45) is 1.58. The first-order valence-electron chi connectivity index (χ1n) is 4.95. The Hall–Kier alpha value is -1.85. The second-order valence-electron chi connectivity index (χ2n) is 3.40. The number of hydrogen-bond acceptors (Lipinski definition) is 4. The van der Waals surface area contributed by atoms with Crippen molar-refractivity contribution in [3.8, 4) is 0 Å². The van der Waals surface area contributed by atoms with Crippen molar-refractivity contribution in [1.29, 1.82) is 0 Å². The van der Waals surface area contributed by atoms with E-state index < -0.39 is 0 Å². The quantitative estimate of drug-likeness (QED) is 0.684. The summed E-state index contributed by atoms with van der Waals surface area (Å²) in [6, 6.07) is 1.57. The molecule has 0 aliphatic heterocycles. The molecule has 0 aliphatic carbocycles. The Labute approximate surface area is 93.8 Å². The third-order valence-electron chi connectivity index (χ3n) is 1.86. The summed E-state index contributed by atoms with van der Waals surface area (Å²) in [4.78, 5) is 24.1. The maximum atomic E-state index is 11.5. The molecule has 1 rings (SSSR count). The number of amides is 1. The first-order valence-corrected chi connectivity index (χ1v) is 4.95. The molecule has 1 aromatic heterocycles. The third kappa shape index (κ3) is 3.08. The van der Waals surface area contributed by atoms with Crippen molar-refractivity contribution in [2.75, 3.05) is 20.7 Å². The number of carbonyl (C=O) groups excluding carboxylic acids is 2. The molecule has 1 heterocycles. The summed E-state index contributed by atoms with van der Waals surface area (Å²) in [5, 5.41) is 3.98. The average molecular weight is 225 g/mol. The van der Waals surface area contributed by atoms with Crippen molar-refractivity contribution in [2.24, 2.45) is 0 Å². The van der Waals surface area contributed by atoms with Gasteiger partial charge in [-0.3, -0.25) is 14.3 Å². The Morgan fingerprint density at radius 3 is 2.75 bits per heavy atom. The molecular weight excluding hydrogens is 210 g/mol. The van der Waals surface area contributed by atoms with Gasteiger partial charge in [0.2, 0.25) is 0 Å². The molecule has 0 bridgehead atoms. The van der Waals surface area contributed by atoms with Gasteiger partial charge in [0.25, 0.3) is 5.91 Å². The molecule has 0 saturated heterocycles. The Morgan fingerprint density at radius 1 is 1.50 bits per heavy atom. The van der Waals surface area contributed by atoms with E-state index in [1.165, 1.54) is 9.58 Å². The Kier molecular flexibility index (Phi) is 4.04. The lowest BCUT2D eigenvalue weighted by Crippen LogP contribution is -2.22. The fourth-order valence-corrected chi connectivity index (χ4v) is 1.13. The summed E-state index contributed by atoms with van der Waals surface area (Å²) < 4.78 is 6.15. The summed E-state index contributed by atoms with van der Waals surface area (Å²) in [5.41, 5.74) is 0.314. The molecular formula is C10H15N3O3. The van der Waals surface area contributed by atoms with Crippen LogP contribution in [0.25, 0.3) is 0 Å². The van der Waals surface area contributed by atoms with Crippen LogP contribution in [0.2, 0.25) is 0 Å². The van der Waals surface area contributed by atoms with Crippen LogP contribution in [0.3, 0.4) is 0 Å². The van der Waals surface area contributed by atoms with Crippen LogP contribution < -0.4 is 0 Å². The Morgan fingerprint density at radius 2 is 2.19 bits per heavy atom. The fraction of sp³-hybridized carbons (Fsp3) is 0.500. The van der Waals surface area contributed by atoms with Gasteiger partial charge in [0, 0.05) is 20.3 Å². The van der Waals surface area contributed by atoms with E-state index in [0.29, 0.717) is 12.3 Å². The zero-order valence-electron chi connectivity index (χ0n) is 9.64. The first kappa shape index (κ1) is 12.2. The molecule has 0 unspecified atom stereocenters. The molecule has 0 aliphatic rings. The van der Waals surface area contributed by atoms with Crippen molar-refractivity contribution < 1.29 is 14.3 Å². The highest BCUT2D eigenvalue weighted by Gasteiger charge is 2.12. The highest BCUT2D eigenvalue weighted by molar-refractivity contribution is 5.91. The van der Waals surface area contributed by atoms with Gasteiger partial charge in [-0.1, -0.05) is 0 Å². The van der Waals surface area contributed by atoms with Crippen LogP contribution in [-0.2, 0) is 16.1 Å². The molecule has 0 atom stereocenters. The van der Waals surface area contributed by atoms with Crippen molar-refractivity contribution in [2.45, 2.75) is 13.5 Å². The van der Waals surface area contributed by atoms with E-state index in [-0.39, 0.29) is 18.4 Å². The summed E-state index contributed by atoms with van der Waals surface area (Å²) >= 11 is 0. The van der Waals surface area contributed by atoms with Crippen LogP contribution in [-0.4, -0.2) is 47.3 Å². The molecule has 0 spiro atoms. The van der Waals surface area contributed by atoms with E-state index in [1.54, 1.807) is 33.3 Å². The number of rotatable bonds is 4. The minimum Gasteiger partial charge on any atom is -0.465 e.